The Balaban J connectivity index is 1.14. The highest BCUT2D eigenvalue weighted by molar-refractivity contribution is 7.80. The Morgan fingerprint density at radius 1 is 0.761 bits per heavy atom. The largest absolute Gasteiger partial charge is 0.482 e. The van der Waals surface area contributed by atoms with Crippen LogP contribution in [0.25, 0.3) is 0 Å². The maximum absolute atomic E-state index is 14.3. The van der Waals surface area contributed by atoms with Crippen molar-refractivity contribution in [3.63, 3.8) is 0 Å². The lowest BCUT2D eigenvalue weighted by Gasteiger charge is -2.40. The zero-order chi connectivity index (χ0) is 65.0. The van der Waals surface area contributed by atoms with Crippen molar-refractivity contribution < 1.29 is 48.2 Å². The molecule has 5 atom stereocenters. The van der Waals surface area contributed by atoms with Gasteiger partial charge in [0, 0.05) is 60.7 Å². The van der Waals surface area contributed by atoms with Gasteiger partial charge < -0.3 is 57.3 Å². The predicted molar refractivity (Wildman–Crippen MR) is 347 cm³/mol. The normalized spacial score (nSPS) is 13.9. The number of rotatable bonds is 29. The number of carbonyl (C=O) groups is 8. The highest BCUT2D eigenvalue weighted by atomic mass is 32.1. The number of carbonyl (C=O) groups excluding carboxylic acids is 7. The first-order valence-electron chi connectivity index (χ1n) is 30.0. The summed E-state index contributed by atoms with van der Waals surface area (Å²) in [6.45, 7) is 19.0. The molecule has 9 N–H and O–H groups in total. The monoisotopic (exact) mass is 1220 g/mol. The highest BCUT2D eigenvalue weighted by Crippen LogP contribution is 2.31. The van der Waals surface area contributed by atoms with Crippen molar-refractivity contribution in [2.75, 3.05) is 30.9 Å². The maximum atomic E-state index is 14.3. The fourth-order valence-corrected chi connectivity index (χ4v) is 10.6. The van der Waals surface area contributed by atoms with Gasteiger partial charge in [-0.05, 0) is 122 Å². The Labute approximate surface area is 524 Å². The van der Waals surface area contributed by atoms with Crippen LogP contribution in [0.5, 0.6) is 0 Å². The van der Waals surface area contributed by atoms with Crippen LogP contribution in [0.2, 0.25) is 0 Å². The number of benzene rings is 4. The van der Waals surface area contributed by atoms with Crippen molar-refractivity contribution in [2.45, 2.75) is 163 Å². The maximum Gasteiger partial charge on any atom is 0.331 e. The SMILES string of the molecule is CN[C@H](C(=O)N[C@H](C(=O)N(C)[C@H](/C=C(\C)C(=O)O)C(C)C)C(C)(C)C)C(C)(C)c1cccc(CCCC(=S)OCc2ccc(NC(=O)[C@H](CCCNC(N)=O)NC(=O)[C@@H](NC(=O)CCC(=O)N3Cc4ccccc4C#Cc4ccccc43)C(C)C)cc2)c1. The number of amides is 8. The number of aryl methyl sites for hydroxylation is 1. The second-order valence-electron chi connectivity index (χ2n) is 24.7. The number of urea groups is 1. The fourth-order valence-electron chi connectivity index (χ4n) is 10.4. The number of fused-ring (bicyclic) bond motifs is 2. The molecule has 88 heavy (non-hydrogen) atoms. The summed E-state index contributed by atoms with van der Waals surface area (Å²) < 4.78 is 5.98. The molecule has 0 saturated heterocycles. The van der Waals surface area contributed by atoms with Crippen LogP contribution < -0.4 is 42.5 Å². The average molecular weight is 1220 g/mol. The number of primary amides is 1. The lowest BCUT2D eigenvalue weighted by atomic mass is 9.76. The number of aliphatic carboxylic acids is 1. The zero-order valence-corrected chi connectivity index (χ0v) is 53.7. The molecule has 0 unspecified atom stereocenters. The molecule has 1 aliphatic rings. The van der Waals surface area contributed by atoms with E-state index in [4.69, 9.17) is 22.7 Å². The van der Waals surface area contributed by atoms with E-state index in [1.165, 1.54) is 11.8 Å². The Kier molecular flexibility index (Phi) is 26.0. The molecule has 0 aromatic heterocycles. The van der Waals surface area contributed by atoms with Crippen LogP contribution >= 0.6 is 12.2 Å². The van der Waals surface area contributed by atoms with Crippen LogP contribution in [0.4, 0.5) is 16.2 Å². The number of thiocarbonyl (C=S) groups is 1. The van der Waals surface area contributed by atoms with Crippen LogP contribution in [-0.4, -0.2) is 113 Å². The number of carboxylic acids is 1. The Hall–Kier alpha value is -8.41. The van der Waals surface area contributed by atoms with Crippen molar-refractivity contribution in [3.8, 4) is 11.8 Å². The summed E-state index contributed by atoms with van der Waals surface area (Å²) in [5.74, 6) is 2.22. The molecule has 4 aromatic rings. The smallest absolute Gasteiger partial charge is 0.331 e. The molecule has 1 aliphatic heterocycles. The van der Waals surface area contributed by atoms with Crippen LogP contribution in [0.1, 0.15) is 141 Å². The van der Waals surface area contributed by atoms with Gasteiger partial charge in [0.25, 0.3) is 0 Å². The number of ether oxygens (including phenoxy) is 1. The molecule has 0 aliphatic carbocycles. The fraction of sp³-hybridized carbons (Fsp3) is 0.456. The number of para-hydroxylation sites is 1. The molecule has 0 fully saturated rings. The lowest BCUT2D eigenvalue weighted by molar-refractivity contribution is -0.141. The summed E-state index contributed by atoms with van der Waals surface area (Å²) in [6.07, 6.45) is 3.53. The van der Waals surface area contributed by atoms with Gasteiger partial charge >= 0.3 is 12.0 Å². The van der Waals surface area contributed by atoms with Gasteiger partial charge in [0.05, 0.1) is 24.3 Å². The molecule has 472 valence electrons. The van der Waals surface area contributed by atoms with Gasteiger partial charge in [0.2, 0.25) is 35.4 Å². The van der Waals surface area contributed by atoms with Crippen molar-refractivity contribution in [3.05, 3.63) is 142 Å². The first-order chi connectivity index (χ1) is 41.5. The van der Waals surface area contributed by atoms with E-state index < -0.39 is 76.7 Å². The van der Waals surface area contributed by atoms with E-state index in [1.807, 2.05) is 115 Å². The van der Waals surface area contributed by atoms with Crippen LogP contribution in [0.3, 0.4) is 0 Å². The first-order valence-corrected chi connectivity index (χ1v) is 30.4. The number of carboxylic acid groups (broad SMARTS) is 1. The van der Waals surface area contributed by atoms with E-state index in [0.29, 0.717) is 41.3 Å². The summed E-state index contributed by atoms with van der Waals surface area (Å²) in [7, 11) is 3.35. The molecule has 8 amide bonds. The van der Waals surface area contributed by atoms with Gasteiger partial charge in [-0.2, -0.15) is 0 Å². The third-order valence-corrected chi connectivity index (χ3v) is 16.0. The molecule has 19 nitrogen and oxygen atoms in total. The Morgan fingerprint density at radius 3 is 2.06 bits per heavy atom. The predicted octanol–water partition coefficient (Wildman–Crippen LogP) is 8.20. The third kappa shape index (κ3) is 20.3. The minimum Gasteiger partial charge on any atom is -0.482 e. The van der Waals surface area contributed by atoms with E-state index in [1.54, 1.807) is 63.2 Å². The van der Waals surface area contributed by atoms with Crippen LogP contribution in [0, 0.1) is 29.1 Å². The number of hydrogen-bond acceptors (Lipinski definition) is 11. The Morgan fingerprint density at radius 2 is 1.42 bits per heavy atom. The molecular weight excluding hydrogens is 1130 g/mol. The summed E-state index contributed by atoms with van der Waals surface area (Å²) in [5.41, 5.74) is 10.2. The van der Waals surface area contributed by atoms with Crippen LogP contribution in [0.15, 0.2) is 109 Å². The lowest BCUT2D eigenvalue weighted by Crippen LogP contribution is -2.61. The van der Waals surface area contributed by atoms with Crippen molar-refractivity contribution in [1.82, 2.24) is 31.5 Å². The number of nitrogens with one attached hydrogen (secondary N) is 6. The highest BCUT2D eigenvalue weighted by Gasteiger charge is 2.42. The zero-order valence-electron chi connectivity index (χ0n) is 52.9. The summed E-state index contributed by atoms with van der Waals surface area (Å²) in [6, 6.07) is 25.0. The van der Waals surface area contributed by atoms with Crippen LogP contribution in [-0.2, 0) is 63.3 Å². The molecule has 5 rings (SSSR count). The second kappa shape index (κ2) is 32.5. The van der Waals surface area contributed by atoms with Gasteiger partial charge in [-0.15, -0.1) is 0 Å². The van der Waals surface area contributed by atoms with Gasteiger partial charge in [0.15, 0.2) is 5.05 Å². The van der Waals surface area contributed by atoms with E-state index in [-0.39, 0.29) is 74.6 Å². The van der Waals surface area contributed by atoms with Crippen molar-refractivity contribution in [1.29, 1.82) is 0 Å². The van der Waals surface area contributed by atoms with E-state index in [0.717, 1.165) is 27.8 Å². The van der Waals surface area contributed by atoms with E-state index >= 15 is 0 Å². The van der Waals surface area contributed by atoms with Gasteiger partial charge in [-0.1, -0.05) is 147 Å². The molecule has 0 bridgehead atoms. The molecule has 1 heterocycles. The topological polar surface area (TPSA) is 271 Å². The number of anilines is 2. The molecule has 0 saturated carbocycles. The number of likely N-dealkylation sites (N-methyl/N-ethyl adjacent to an activating group) is 2. The second-order valence-corrected chi connectivity index (χ2v) is 25.1. The molecule has 20 heteroatoms. The van der Waals surface area contributed by atoms with Gasteiger partial charge in [-0.25, -0.2) is 9.59 Å². The number of nitrogens with two attached hydrogens (primary N) is 1. The van der Waals surface area contributed by atoms with Gasteiger partial charge in [0.1, 0.15) is 24.7 Å². The standard InChI is InChI=1S/C68H89N9O10S/c1-42(2)54(38-44(5)65(84)85)76(12)64(83)60(67(6,7)8)75-63(82)59(70-11)68(9,10)50-25-17-20-45(39-50)21-18-28-57(88)87-41-46-29-33-51(34-30-46)72-61(80)52(26-19-37-71-66(69)86)73-62(81)58(43(3)4)74-55(78)35-36-56(79)77-40-49-24-14-13-22-47(49)31-32-48-23-15-16-27-53(48)77/h13-17,20,22-25,27,29-30,33-34,38-39,42-43,52,54,58-60,70H,18-19,21,26,28,35-37,40-41H2,1-12H3,(H,72,80)(H,73,81)(H,74,78)(H,75,82)(H,84,85)(H3,69,71,86)/b44-38+/t52-,54+,58-,59+,60+/m0/s1. The Bertz CT molecular complexity index is 3250. The molecule has 0 radical (unpaired) electrons. The van der Waals surface area contributed by atoms with Gasteiger partial charge in [-0.3, -0.25) is 28.8 Å². The minimum absolute atomic E-state index is 0.0922. The van der Waals surface area contributed by atoms with E-state index in [2.05, 4.69) is 49.8 Å². The summed E-state index contributed by atoms with van der Waals surface area (Å²) in [4.78, 5) is 110. The summed E-state index contributed by atoms with van der Waals surface area (Å²) in [5, 5.41) is 27.2. The average Bonchev–Trinajstić information content (AvgIpc) is 1.33. The molecule has 4 aromatic carbocycles. The van der Waals surface area contributed by atoms with E-state index in [9.17, 15) is 43.5 Å². The minimum atomic E-state index is -1.07. The number of nitrogens with zero attached hydrogens (tertiary/aromatic N) is 2. The quantitative estimate of drug-likeness (QED) is 0.0111. The molecule has 0 spiro atoms. The summed E-state index contributed by atoms with van der Waals surface area (Å²) >= 11 is 5.63. The third-order valence-electron chi connectivity index (χ3n) is 15.7. The van der Waals surface area contributed by atoms with Crippen molar-refractivity contribution in [2.24, 2.45) is 23.0 Å². The number of hydrogen-bond donors (Lipinski definition) is 8. The molecular formula is C68H89N9O10S. The van der Waals surface area contributed by atoms with Crippen molar-refractivity contribution >= 4 is 76.1 Å². The first kappa shape index (κ1) is 70.4.